The smallest absolute Gasteiger partial charge is 0.252 e. The van der Waals surface area contributed by atoms with E-state index in [-0.39, 0.29) is 5.91 Å². The highest BCUT2D eigenvalue weighted by molar-refractivity contribution is 7.23. The first-order valence-corrected chi connectivity index (χ1v) is 8.39. The van der Waals surface area contributed by atoms with Gasteiger partial charge in [0.1, 0.15) is 0 Å². The summed E-state index contributed by atoms with van der Waals surface area (Å²) in [5.41, 5.74) is 0.414. The molecular weight excluding hydrogens is 300 g/mol. The van der Waals surface area contributed by atoms with Crippen LogP contribution in [0.15, 0.2) is 41.9 Å². The molecule has 0 spiro atoms. The third-order valence-corrected chi connectivity index (χ3v) is 5.27. The maximum Gasteiger partial charge on any atom is 0.252 e. The van der Waals surface area contributed by atoms with E-state index in [0.29, 0.717) is 0 Å². The first kappa shape index (κ1) is 14.2. The largest absolute Gasteiger partial charge is 0.272 e. The van der Waals surface area contributed by atoms with Gasteiger partial charge in [-0.05, 0) is 29.6 Å². The summed E-state index contributed by atoms with van der Waals surface area (Å²) in [6.45, 7) is 5.73. The second kappa shape index (κ2) is 5.24. The molecule has 0 saturated carbocycles. The van der Waals surface area contributed by atoms with Crippen molar-refractivity contribution in [3.63, 3.8) is 0 Å². The van der Waals surface area contributed by atoms with Crippen LogP contribution in [0.4, 0.5) is 0 Å². The minimum atomic E-state index is -0.450. The normalized spacial score (nSPS) is 11.8. The van der Waals surface area contributed by atoms with Crippen LogP contribution in [-0.2, 0) is 0 Å². The van der Waals surface area contributed by atoms with E-state index >= 15 is 0 Å². The summed E-state index contributed by atoms with van der Waals surface area (Å²) in [6, 6.07) is 10.2. The highest BCUT2D eigenvalue weighted by Gasteiger charge is 2.26. The van der Waals surface area contributed by atoms with Crippen LogP contribution < -0.4 is 0 Å². The third-order valence-electron chi connectivity index (χ3n) is 3.10. The zero-order valence-electron chi connectivity index (χ0n) is 12.2. The molecule has 0 radical (unpaired) electrons. The Morgan fingerprint density at radius 3 is 2.52 bits per heavy atom. The molecule has 3 nitrogen and oxygen atoms in total. The molecule has 0 bridgehead atoms. The summed E-state index contributed by atoms with van der Waals surface area (Å²) < 4.78 is 1.52. The minimum Gasteiger partial charge on any atom is -0.272 e. The summed E-state index contributed by atoms with van der Waals surface area (Å²) in [7, 11) is 0. The van der Waals surface area contributed by atoms with Crippen molar-refractivity contribution in [3.8, 4) is 20.3 Å². The topological polar surface area (TPSA) is 34.9 Å². The van der Waals surface area contributed by atoms with Gasteiger partial charge < -0.3 is 0 Å². The number of nitrogens with zero attached hydrogens (tertiary/aromatic N) is 2. The van der Waals surface area contributed by atoms with Crippen LogP contribution in [0.1, 0.15) is 25.6 Å². The molecule has 21 heavy (non-hydrogen) atoms. The zero-order valence-corrected chi connectivity index (χ0v) is 13.8. The summed E-state index contributed by atoms with van der Waals surface area (Å²) in [5.74, 6) is 0.00794. The standard InChI is InChI=1S/C16H16N2OS2/c1-16(2,3)15(19)18-11(8-9-17-18)12-6-7-14(21-12)13-5-4-10-20-13/h4-10H,1-3H3. The Bertz CT molecular complexity index is 760. The maximum atomic E-state index is 12.5. The number of rotatable bonds is 2. The van der Waals surface area contributed by atoms with E-state index in [1.165, 1.54) is 14.4 Å². The molecule has 5 heteroatoms. The average Bonchev–Trinajstić information content (AvgIpc) is 3.16. The Morgan fingerprint density at radius 2 is 1.86 bits per heavy atom. The molecule has 3 aromatic rings. The zero-order chi connectivity index (χ0) is 15.0. The molecule has 0 N–H and O–H groups in total. The number of thiophene rings is 2. The van der Waals surface area contributed by atoms with Crippen molar-refractivity contribution in [1.82, 2.24) is 9.78 Å². The average molecular weight is 316 g/mol. The summed E-state index contributed by atoms with van der Waals surface area (Å²) >= 11 is 3.41. The molecule has 0 aliphatic heterocycles. The van der Waals surface area contributed by atoms with Crippen molar-refractivity contribution >= 4 is 28.6 Å². The quantitative estimate of drug-likeness (QED) is 0.665. The van der Waals surface area contributed by atoms with Crippen molar-refractivity contribution in [2.24, 2.45) is 5.41 Å². The van der Waals surface area contributed by atoms with Gasteiger partial charge >= 0.3 is 0 Å². The van der Waals surface area contributed by atoms with Crippen LogP contribution in [0.2, 0.25) is 0 Å². The molecule has 3 heterocycles. The lowest BCUT2D eigenvalue weighted by atomic mass is 9.96. The van der Waals surface area contributed by atoms with Crippen LogP contribution >= 0.6 is 22.7 Å². The van der Waals surface area contributed by atoms with Crippen molar-refractivity contribution in [2.45, 2.75) is 20.8 Å². The van der Waals surface area contributed by atoms with E-state index in [9.17, 15) is 4.79 Å². The van der Waals surface area contributed by atoms with Crippen LogP contribution in [0.25, 0.3) is 20.3 Å². The van der Waals surface area contributed by atoms with E-state index < -0.39 is 5.41 Å². The number of hydrogen-bond donors (Lipinski definition) is 0. The van der Waals surface area contributed by atoms with Gasteiger partial charge in [0, 0.05) is 15.2 Å². The second-order valence-electron chi connectivity index (χ2n) is 5.82. The van der Waals surface area contributed by atoms with E-state index in [4.69, 9.17) is 0 Å². The number of carbonyl (C=O) groups is 1. The van der Waals surface area contributed by atoms with Crippen LogP contribution in [0.3, 0.4) is 0 Å². The molecule has 0 aliphatic rings. The summed E-state index contributed by atoms with van der Waals surface area (Å²) in [6.07, 6.45) is 1.68. The second-order valence-corrected chi connectivity index (χ2v) is 7.86. The summed E-state index contributed by atoms with van der Waals surface area (Å²) in [4.78, 5) is 16.0. The van der Waals surface area contributed by atoms with E-state index in [0.717, 1.165) is 10.6 Å². The van der Waals surface area contributed by atoms with Gasteiger partial charge in [-0.1, -0.05) is 26.8 Å². The predicted octanol–water partition coefficient (Wildman–Crippen LogP) is 5.03. The van der Waals surface area contributed by atoms with E-state index in [1.54, 1.807) is 28.9 Å². The van der Waals surface area contributed by atoms with Crippen LogP contribution in [0.5, 0.6) is 0 Å². The van der Waals surface area contributed by atoms with Gasteiger partial charge in [-0.2, -0.15) is 9.78 Å². The first-order chi connectivity index (χ1) is 9.97. The molecule has 0 fully saturated rings. The van der Waals surface area contributed by atoms with E-state index in [2.05, 4.69) is 28.7 Å². The van der Waals surface area contributed by atoms with E-state index in [1.807, 2.05) is 32.9 Å². The van der Waals surface area contributed by atoms with Gasteiger partial charge in [-0.3, -0.25) is 4.79 Å². The lowest BCUT2D eigenvalue weighted by molar-refractivity contribution is 0.0751. The Hall–Kier alpha value is -1.72. The Balaban J connectivity index is 1.99. The third kappa shape index (κ3) is 2.71. The van der Waals surface area contributed by atoms with Gasteiger partial charge in [-0.25, -0.2) is 0 Å². The molecule has 3 rings (SSSR count). The molecule has 0 atom stereocenters. The van der Waals surface area contributed by atoms with Gasteiger partial charge in [0.2, 0.25) is 0 Å². The predicted molar refractivity (Wildman–Crippen MR) is 88.9 cm³/mol. The Morgan fingerprint density at radius 1 is 1.10 bits per heavy atom. The maximum absolute atomic E-state index is 12.5. The minimum absolute atomic E-state index is 0.00794. The van der Waals surface area contributed by atoms with Crippen molar-refractivity contribution < 1.29 is 4.79 Å². The molecular formula is C16H16N2OS2. The molecule has 108 valence electrons. The SMILES string of the molecule is CC(C)(C)C(=O)n1nccc1-c1ccc(-c2cccs2)s1. The Labute approximate surface area is 131 Å². The summed E-state index contributed by atoms with van der Waals surface area (Å²) in [5, 5.41) is 6.28. The molecule has 0 unspecified atom stereocenters. The van der Waals surface area contributed by atoms with Gasteiger partial charge in [0.05, 0.1) is 16.8 Å². The number of carbonyl (C=O) groups excluding carboxylic acids is 1. The van der Waals surface area contributed by atoms with Crippen molar-refractivity contribution in [2.75, 3.05) is 0 Å². The highest BCUT2D eigenvalue weighted by atomic mass is 32.1. The molecule has 0 aromatic carbocycles. The van der Waals surface area contributed by atoms with Gasteiger partial charge in [0.25, 0.3) is 5.91 Å². The van der Waals surface area contributed by atoms with Crippen LogP contribution in [0, 0.1) is 5.41 Å². The molecule has 3 aromatic heterocycles. The lowest BCUT2D eigenvalue weighted by Gasteiger charge is -2.17. The lowest BCUT2D eigenvalue weighted by Crippen LogP contribution is -2.28. The fourth-order valence-corrected chi connectivity index (χ4v) is 3.85. The monoisotopic (exact) mass is 316 g/mol. The molecule has 0 aliphatic carbocycles. The van der Waals surface area contributed by atoms with Crippen molar-refractivity contribution in [3.05, 3.63) is 41.9 Å². The Kier molecular flexibility index (Phi) is 3.55. The molecule has 0 saturated heterocycles. The first-order valence-electron chi connectivity index (χ1n) is 6.70. The fourth-order valence-electron chi connectivity index (χ4n) is 2.00. The fraction of sp³-hybridized carbons (Fsp3) is 0.250. The van der Waals surface area contributed by atoms with Crippen LogP contribution in [-0.4, -0.2) is 15.7 Å². The highest BCUT2D eigenvalue weighted by Crippen LogP contribution is 2.36. The number of aromatic nitrogens is 2. The molecule has 0 amide bonds. The van der Waals surface area contributed by atoms with Gasteiger partial charge in [-0.15, -0.1) is 22.7 Å². The number of hydrogen-bond acceptors (Lipinski definition) is 4. The van der Waals surface area contributed by atoms with Gasteiger partial charge in [0.15, 0.2) is 0 Å². The van der Waals surface area contributed by atoms with Crippen molar-refractivity contribution in [1.29, 1.82) is 0 Å².